The first kappa shape index (κ1) is 18.0. The molecule has 9 heteroatoms. The van der Waals surface area contributed by atoms with E-state index in [0.29, 0.717) is 6.54 Å². The predicted octanol–water partition coefficient (Wildman–Crippen LogP) is 1.61. The van der Waals surface area contributed by atoms with E-state index < -0.39 is 4.92 Å². The summed E-state index contributed by atoms with van der Waals surface area (Å²) in [5.74, 6) is 0.453. The van der Waals surface area contributed by atoms with E-state index in [1.165, 1.54) is 6.33 Å². The van der Waals surface area contributed by atoms with Crippen LogP contribution in [0.5, 0.6) is 0 Å². The van der Waals surface area contributed by atoms with Crippen molar-refractivity contribution >= 4 is 17.3 Å². The van der Waals surface area contributed by atoms with Crippen molar-refractivity contribution in [3.05, 3.63) is 52.3 Å². The standard InChI is InChI=1S/C17H23N7O2/c1-22-9-11-23(12-10-22)21-17-15(24(25)26)16(19-13-20-17)18-8-7-14-5-3-2-4-6-14/h2-6,13H,7-12H2,1H3,(H2,18,19,20,21). The Kier molecular flexibility index (Phi) is 5.92. The van der Waals surface area contributed by atoms with Gasteiger partial charge in [0.1, 0.15) is 6.33 Å². The molecular formula is C17H23N7O2. The highest BCUT2D eigenvalue weighted by molar-refractivity contribution is 5.68. The van der Waals surface area contributed by atoms with E-state index in [2.05, 4.69) is 32.7 Å². The maximum Gasteiger partial charge on any atom is 0.354 e. The number of anilines is 2. The number of rotatable bonds is 7. The van der Waals surface area contributed by atoms with Gasteiger partial charge in [-0.1, -0.05) is 30.3 Å². The summed E-state index contributed by atoms with van der Waals surface area (Å²) in [6.45, 7) is 3.89. The van der Waals surface area contributed by atoms with Crippen molar-refractivity contribution in [2.45, 2.75) is 6.42 Å². The summed E-state index contributed by atoms with van der Waals surface area (Å²) in [6, 6.07) is 9.95. The molecule has 138 valence electrons. The first-order valence-electron chi connectivity index (χ1n) is 8.61. The molecule has 0 saturated carbocycles. The van der Waals surface area contributed by atoms with Gasteiger partial charge in [0.2, 0.25) is 11.6 Å². The number of aromatic nitrogens is 2. The van der Waals surface area contributed by atoms with E-state index in [9.17, 15) is 10.1 Å². The molecule has 0 atom stereocenters. The maximum atomic E-state index is 11.6. The number of piperazine rings is 1. The van der Waals surface area contributed by atoms with Crippen LogP contribution >= 0.6 is 0 Å². The minimum absolute atomic E-state index is 0.125. The van der Waals surface area contributed by atoms with Crippen LogP contribution in [0.1, 0.15) is 5.56 Å². The van der Waals surface area contributed by atoms with E-state index in [-0.39, 0.29) is 17.3 Å². The summed E-state index contributed by atoms with van der Waals surface area (Å²) in [7, 11) is 2.05. The van der Waals surface area contributed by atoms with Gasteiger partial charge in [0.25, 0.3) is 0 Å². The molecule has 2 N–H and O–H groups in total. The maximum absolute atomic E-state index is 11.6. The Labute approximate surface area is 152 Å². The van der Waals surface area contributed by atoms with Crippen LogP contribution in [0.15, 0.2) is 36.7 Å². The molecule has 0 radical (unpaired) electrons. The van der Waals surface area contributed by atoms with Crippen LogP contribution in [-0.2, 0) is 6.42 Å². The van der Waals surface area contributed by atoms with Crippen LogP contribution in [-0.4, -0.2) is 64.6 Å². The van der Waals surface area contributed by atoms with E-state index >= 15 is 0 Å². The highest BCUT2D eigenvalue weighted by Gasteiger charge is 2.25. The molecule has 1 aliphatic rings. The van der Waals surface area contributed by atoms with Gasteiger partial charge in [0.15, 0.2) is 0 Å². The van der Waals surface area contributed by atoms with E-state index in [1.54, 1.807) is 0 Å². The van der Waals surface area contributed by atoms with Gasteiger partial charge in [0, 0.05) is 32.7 Å². The minimum atomic E-state index is -0.441. The Morgan fingerprint density at radius 2 is 1.81 bits per heavy atom. The van der Waals surface area contributed by atoms with Crippen molar-refractivity contribution in [1.29, 1.82) is 0 Å². The number of hydrazine groups is 1. The van der Waals surface area contributed by atoms with Crippen LogP contribution in [0.3, 0.4) is 0 Å². The molecule has 2 heterocycles. The summed E-state index contributed by atoms with van der Waals surface area (Å²) < 4.78 is 0. The monoisotopic (exact) mass is 357 g/mol. The minimum Gasteiger partial charge on any atom is -0.364 e. The van der Waals surface area contributed by atoms with E-state index in [4.69, 9.17) is 0 Å². The second-order valence-electron chi connectivity index (χ2n) is 6.24. The second kappa shape index (κ2) is 8.54. The van der Waals surface area contributed by atoms with Crippen molar-refractivity contribution in [2.75, 3.05) is 50.5 Å². The third-order valence-corrected chi connectivity index (χ3v) is 4.32. The SMILES string of the molecule is CN1CCN(Nc2ncnc(NCCc3ccccc3)c2[N+](=O)[O-])CC1. The normalized spacial score (nSPS) is 15.6. The summed E-state index contributed by atoms with van der Waals surface area (Å²) >= 11 is 0. The molecule has 1 fully saturated rings. The molecular weight excluding hydrogens is 334 g/mol. The molecule has 9 nitrogen and oxygen atoms in total. The quantitative estimate of drug-likeness (QED) is 0.570. The molecule has 2 aromatic rings. The largest absolute Gasteiger partial charge is 0.364 e. The lowest BCUT2D eigenvalue weighted by molar-refractivity contribution is -0.383. The Morgan fingerprint density at radius 1 is 1.12 bits per heavy atom. The molecule has 0 amide bonds. The van der Waals surface area contributed by atoms with Gasteiger partial charge in [0.05, 0.1) is 4.92 Å². The lowest BCUT2D eigenvalue weighted by atomic mass is 10.1. The Bertz CT molecular complexity index is 733. The number of nitro groups is 1. The molecule has 1 saturated heterocycles. The number of nitrogens with one attached hydrogen (secondary N) is 2. The van der Waals surface area contributed by atoms with E-state index in [0.717, 1.165) is 38.2 Å². The molecule has 0 bridgehead atoms. The highest BCUT2D eigenvalue weighted by atomic mass is 16.6. The molecule has 0 aliphatic carbocycles. The Balaban J connectivity index is 1.68. The van der Waals surface area contributed by atoms with Gasteiger partial charge in [-0.3, -0.25) is 15.5 Å². The van der Waals surface area contributed by atoms with Crippen molar-refractivity contribution in [3.8, 4) is 0 Å². The Hall–Kier alpha value is -2.78. The highest BCUT2D eigenvalue weighted by Crippen LogP contribution is 2.29. The third-order valence-electron chi connectivity index (χ3n) is 4.32. The molecule has 0 unspecified atom stereocenters. The number of nitrogens with zero attached hydrogens (tertiary/aromatic N) is 5. The fourth-order valence-corrected chi connectivity index (χ4v) is 2.80. The van der Waals surface area contributed by atoms with Gasteiger partial charge in [-0.15, -0.1) is 0 Å². The van der Waals surface area contributed by atoms with Crippen molar-refractivity contribution in [1.82, 2.24) is 19.9 Å². The zero-order valence-corrected chi connectivity index (χ0v) is 14.8. The fraction of sp³-hybridized carbons (Fsp3) is 0.412. The topological polar surface area (TPSA) is 99.5 Å². The average Bonchev–Trinajstić information content (AvgIpc) is 2.64. The summed E-state index contributed by atoms with van der Waals surface area (Å²) in [5.41, 5.74) is 4.11. The molecule has 1 aromatic heterocycles. The Morgan fingerprint density at radius 3 is 2.50 bits per heavy atom. The van der Waals surface area contributed by atoms with Crippen LogP contribution in [0, 0.1) is 10.1 Å². The summed E-state index contributed by atoms with van der Waals surface area (Å²) in [5, 5.41) is 16.6. The van der Waals surface area contributed by atoms with Crippen LogP contribution < -0.4 is 10.7 Å². The zero-order chi connectivity index (χ0) is 18.4. The first-order chi connectivity index (χ1) is 12.6. The average molecular weight is 357 g/mol. The fourth-order valence-electron chi connectivity index (χ4n) is 2.80. The molecule has 1 aromatic carbocycles. The van der Waals surface area contributed by atoms with Crippen LogP contribution in [0.2, 0.25) is 0 Å². The van der Waals surface area contributed by atoms with Crippen molar-refractivity contribution in [2.24, 2.45) is 0 Å². The first-order valence-corrected chi connectivity index (χ1v) is 8.61. The number of hydrogen-bond acceptors (Lipinski definition) is 8. The van der Waals surface area contributed by atoms with Gasteiger partial charge < -0.3 is 10.2 Å². The third kappa shape index (κ3) is 4.64. The molecule has 0 spiro atoms. The predicted molar refractivity (Wildman–Crippen MR) is 100 cm³/mol. The van der Waals surface area contributed by atoms with Gasteiger partial charge in [-0.2, -0.15) is 0 Å². The van der Waals surface area contributed by atoms with Crippen LogP contribution in [0.4, 0.5) is 17.3 Å². The van der Waals surface area contributed by atoms with Crippen molar-refractivity contribution < 1.29 is 4.92 Å². The van der Waals surface area contributed by atoms with Crippen LogP contribution in [0.25, 0.3) is 0 Å². The summed E-state index contributed by atoms with van der Waals surface area (Å²) in [4.78, 5) is 21.5. The summed E-state index contributed by atoms with van der Waals surface area (Å²) in [6.07, 6.45) is 2.10. The molecule has 26 heavy (non-hydrogen) atoms. The lowest BCUT2D eigenvalue weighted by Crippen LogP contribution is -2.47. The van der Waals surface area contributed by atoms with Gasteiger partial charge in [-0.25, -0.2) is 15.0 Å². The number of benzene rings is 1. The molecule has 3 rings (SSSR count). The van der Waals surface area contributed by atoms with Gasteiger partial charge in [-0.05, 0) is 19.0 Å². The second-order valence-corrected chi connectivity index (χ2v) is 6.24. The number of hydrogen-bond donors (Lipinski definition) is 2. The lowest BCUT2D eigenvalue weighted by Gasteiger charge is -2.32. The number of likely N-dealkylation sites (N-methyl/N-ethyl adjacent to an activating group) is 1. The molecule has 1 aliphatic heterocycles. The smallest absolute Gasteiger partial charge is 0.354 e. The zero-order valence-electron chi connectivity index (χ0n) is 14.8. The van der Waals surface area contributed by atoms with E-state index in [1.807, 2.05) is 35.3 Å². The van der Waals surface area contributed by atoms with Gasteiger partial charge >= 0.3 is 5.69 Å². The van der Waals surface area contributed by atoms with Crippen molar-refractivity contribution in [3.63, 3.8) is 0 Å².